The second kappa shape index (κ2) is 11.8. The summed E-state index contributed by atoms with van der Waals surface area (Å²) in [6.45, 7) is 2.43. The molecule has 11 nitrogen and oxygen atoms in total. The van der Waals surface area contributed by atoms with Crippen LogP contribution in [0, 0.1) is 23.0 Å². The highest BCUT2D eigenvalue weighted by Gasteiger charge is 2.48. The minimum atomic E-state index is -1.71. The molecule has 0 radical (unpaired) electrons. The van der Waals surface area contributed by atoms with Crippen molar-refractivity contribution in [3.05, 3.63) is 75.2 Å². The first kappa shape index (κ1) is 31.3. The van der Waals surface area contributed by atoms with Crippen LogP contribution in [0.4, 0.5) is 34.2 Å². The number of rotatable bonds is 7. The Morgan fingerprint density at radius 1 is 1.25 bits per heavy atom. The molecular weight excluding hydrogens is 650 g/mol. The van der Waals surface area contributed by atoms with Gasteiger partial charge in [-0.1, -0.05) is 6.07 Å². The fourth-order valence-electron chi connectivity index (χ4n) is 6.77. The summed E-state index contributed by atoms with van der Waals surface area (Å²) in [6, 6.07) is 6.82. The summed E-state index contributed by atoms with van der Waals surface area (Å²) in [7, 11) is 0. The number of halogens is 4. The second-order valence-corrected chi connectivity index (χ2v) is 12.9. The van der Waals surface area contributed by atoms with E-state index in [0.717, 1.165) is 23.8 Å². The van der Waals surface area contributed by atoms with E-state index in [4.69, 9.17) is 16.2 Å². The van der Waals surface area contributed by atoms with E-state index < -0.39 is 40.4 Å². The molecule has 16 heteroatoms. The Morgan fingerprint density at radius 2 is 2.06 bits per heavy atom. The molecule has 1 unspecified atom stereocenters. The number of benzene rings is 1. The SMILES string of the molecule is CC(Nc1nc(OC[C@@]23CCCN2CC(=C(F)F)C3)nc2c(F)c(-c3ccc(F)c4sc(N)c(C#N)c34)[nH]c(=O)c12)c1cccnc1N. The van der Waals surface area contributed by atoms with Crippen LogP contribution in [-0.4, -0.2) is 50.1 Å². The van der Waals surface area contributed by atoms with E-state index in [1.165, 1.54) is 12.3 Å². The lowest BCUT2D eigenvalue weighted by atomic mass is 9.94. The number of aromatic amines is 1. The van der Waals surface area contributed by atoms with Crippen molar-refractivity contribution < 1.29 is 22.3 Å². The first-order chi connectivity index (χ1) is 23.0. The fraction of sp³-hybridized carbons (Fsp3) is 0.281. The van der Waals surface area contributed by atoms with Gasteiger partial charge in [0.25, 0.3) is 11.6 Å². The summed E-state index contributed by atoms with van der Waals surface area (Å²) >= 11 is 0.831. The predicted molar refractivity (Wildman–Crippen MR) is 174 cm³/mol. The molecule has 6 N–H and O–H groups in total. The van der Waals surface area contributed by atoms with E-state index in [0.29, 0.717) is 18.5 Å². The quantitative estimate of drug-likeness (QED) is 0.153. The van der Waals surface area contributed by atoms with Gasteiger partial charge in [-0.15, -0.1) is 11.3 Å². The number of H-pyrrole nitrogens is 1. The normalized spacial score (nSPS) is 18.3. The van der Waals surface area contributed by atoms with Crippen LogP contribution in [0.15, 0.2) is 46.9 Å². The van der Waals surface area contributed by atoms with Crippen molar-refractivity contribution in [2.24, 2.45) is 0 Å². The van der Waals surface area contributed by atoms with Gasteiger partial charge in [0.15, 0.2) is 5.82 Å². The Bertz CT molecular complexity index is 2260. The lowest BCUT2D eigenvalue weighted by molar-refractivity contribution is 0.108. The zero-order valence-electron chi connectivity index (χ0n) is 25.3. The average molecular weight is 678 g/mol. The number of nitrogens with one attached hydrogen (secondary N) is 2. The van der Waals surface area contributed by atoms with Gasteiger partial charge in [-0.3, -0.25) is 9.69 Å². The summed E-state index contributed by atoms with van der Waals surface area (Å²) < 4.78 is 64.7. The molecule has 0 bridgehead atoms. The zero-order valence-corrected chi connectivity index (χ0v) is 26.2. The fourth-order valence-corrected chi connectivity index (χ4v) is 7.72. The minimum Gasteiger partial charge on any atom is -0.461 e. The maximum Gasteiger partial charge on any atom is 0.319 e. The van der Waals surface area contributed by atoms with Crippen LogP contribution in [0.3, 0.4) is 0 Å². The number of thiophene rings is 1. The molecule has 48 heavy (non-hydrogen) atoms. The van der Waals surface area contributed by atoms with Crippen LogP contribution >= 0.6 is 11.3 Å². The van der Waals surface area contributed by atoms with E-state index in [-0.39, 0.29) is 80.1 Å². The van der Waals surface area contributed by atoms with Crippen molar-refractivity contribution in [1.82, 2.24) is 24.8 Å². The molecule has 6 heterocycles. The standard InChI is InChI=1S/C32H27F4N9O2S/c1-14(16-4-2-8-40-27(16)38)41-29-21-24(43-31(44-29)47-13-32-7-3-9-45(32)12-15(10-32)26(35)36)22(34)23(42-30(21)46)17-5-6-19(33)25-20(17)18(11-37)28(39)48-25/h2,4-6,8,14H,3,7,9-10,12-13,39H2,1H3,(H2,38,40)(H,42,46)(H,41,43,44)/t14?,32-/m0/s1. The summed E-state index contributed by atoms with van der Waals surface area (Å²) in [6.07, 6.45) is 1.31. The Kier molecular flexibility index (Phi) is 7.68. The molecule has 0 aliphatic carbocycles. The summed E-state index contributed by atoms with van der Waals surface area (Å²) in [5.74, 6) is -1.52. The van der Waals surface area contributed by atoms with Crippen molar-refractivity contribution in [3.8, 4) is 23.3 Å². The highest BCUT2D eigenvalue weighted by atomic mass is 32.1. The van der Waals surface area contributed by atoms with Gasteiger partial charge in [-0.2, -0.15) is 24.0 Å². The number of hydrogen-bond donors (Lipinski definition) is 4. The van der Waals surface area contributed by atoms with Gasteiger partial charge in [-0.25, -0.2) is 13.8 Å². The van der Waals surface area contributed by atoms with E-state index in [1.807, 2.05) is 11.0 Å². The molecule has 5 aromatic rings. The molecule has 0 spiro atoms. The van der Waals surface area contributed by atoms with E-state index in [9.17, 15) is 23.2 Å². The molecule has 2 atom stereocenters. The molecular formula is C32H27F4N9O2S. The number of hydrogen-bond acceptors (Lipinski definition) is 11. The maximum absolute atomic E-state index is 16.7. The van der Waals surface area contributed by atoms with Gasteiger partial charge in [0.1, 0.15) is 46.0 Å². The second-order valence-electron chi connectivity index (χ2n) is 11.9. The maximum atomic E-state index is 16.7. The number of ether oxygens (including phenoxy) is 1. The highest BCUT2D eigenvalue weighted by molar-refractivity contribution is 7.23. The molecule has 246 valence electrons. The molecule has 2 aliphatic heterocycles. The lowest BCUT2D eigenvalue weighted by Crippen LogP contribution is -2.43. The van der Waals surface area contributed by atoms with E-state index in [2.05, 4.69) is 25.3 Å². The number of nitrogen functional groups attached to an aromatic ring is 2. The van der Waals surface area contributed by atoms with Gasteiger partial charge in [0, 0.05) is 34.8 Å². The van der Waals surface area contributed by atoms with Crippen LogP contribution in [0.2, 0.25) is 0 Å². The molecule has 7 rings (SSSR count). The lowest BCUT2D eigenvalue weighted by Gasteiger charge is -2.30. The van der Waals surface area contributed by atoms with Crippen molar-refractivity contribution in [3.63, 3.8) is 0 Å². The third kappa shape index (κ3) is 5.06. The van der Waals surface area contributed by atoms with Crippen molar-refractivity contribution in [2.75, 3.05) is 36.5 Å². The first-order valence-electron chi connectivity index (χ1n) is 14.9. The van der Waals surface area contributed by atoms with Crippen LogP contribution in [0.1, 0.15) is 43.4 Å². The average Bonchev–Trinajstić information content (AvgIpc) is 3.73. The Balaban J connectivity index is 1.38. The number of fused-ring (bicyclic) bond motifs is 3. The number of nitrogens with zero attached hydrogens (tertiary/aromatic N) is 5. The largest absolute Gasteiger partial charge is 0.461 e. The number of nitrogens with two attached hydrogens (primary N) is 2. The summed E-state index contributed by atoms with van der Waals surface area (Å²) in [5.41, 5.74) is 10.4. The molecule has 4 aromatic heterocycles. The van der Waals surface area contributed by atoms with Gasteiger partial charge < -0.3 is 26.5 Å². The van der Waals surface area contributed by atoms with Crippen molar-refractivity contribution in [1.29, 1.82) is 5.26 Å². The van der Waals surface area contributed by atoms with Gasteiger partial charge in [0.05, 0.1) is 27.5 Å². The molecule has 2 fully saturated rings. The molecule has 0 amide bonds. The predicted octanol–water partition coefficient (Wildman–Crippen LogP) is 5.85. The van der Waals surface area contributed by atoms with Gasteiger partial charge in [0.2, 0.25) is 0 Å². The third-order valence-electron chi connectivity index (χ3n) is 9.07. The molecule has 2 aliphatic rings. The number of aromatic nitrogens is 4. The minimum absolute atomic E-state index is 0.0221. The number of pyridine rings is 2. The topological polar surface area (TPSA) is 172 Å². The first-order valence-corrected chi connectivity index (χ1v) is 15.7. The van der Waals surface area contributed by atoms with E-state index >= 15 is 4.39 Å². The Morgan fingerprint density at radius 3 is 2.81 bits per heavy atom. The van der Waals surface area contributed by atoms with Crippen LogP contribution in [0.5, 0.6) is 6.01 Å². The van der Waals surface area contributed by atoms with Crippen LogP contribution in [0.25, 0.3) is 32.2 Å². The summed E-state index contributed by atoms with van der Waals surface area (Å²) in [5, 5.41) is 12.7. The molecule has 0 saturated carbocycles. The third-order valence-corrected chi connectivity index (χ3v) is 10.1. The molecule has 2 saturated heterocycles. The number of nitriles is 1. The van der Waals surface area contributed by atoms with Gasteiger partial charge >= 0.3 is 6.01 Å². The monoisotopic (exact) mass is 677 g/mol. The van der Waals surface area contributed by atoms with Crippen LogP contribution < -0.4 is 27.1 Å². The van der Waals surface area contributed by atoms with Gasteiger partial charge in [-0.05, 0) is 50.9 Å². The Labute approximate surface area is 273 Å². The van der Waals surface area contributed by atoms with Crippen molar-refractivity contribution >= 4 is 49.0 Å². The number of anilines is 3. The highest BCUT2D eigenvalue weighted by Crippen LogP contribution is 2.44. The van der Waals surface area contributed by atoms with Crippen molar-refractivity contribution in [2.45, 2.75) is 37.8 Å². The van der Waals surface area contributed by atoms with Crippen LogP contribution in [-0.2, 0) is 0 Å². The Hall–Kier alpha value is -5.27. The summed E-state index contributed by atoms with van der Waals surface area (Å²) in [4.78, 5) is 31.1. The smallest absolute Gasteiger partial charge is 0.319 e. The molecule has 1 aromatic carbocycles. The zero-order chi connectivity index (χ0) is 33.9. The van der Waals surface area contributed by atoms with E-state index in [1.54, 1.807) is 19.1 Å².